The first-order valence-corrected chi connectivity index (χ1v) is 7.77. The van der Waals surface area contributed by atoms with E-state index in [0.29, 0.717) is 12.5 Å². The maximum atomic E-state index is 4.58. The van der Waals surface area contributed by atoms with Gasteiger partial charge >= 0.3 is 0 Å². The Morgan fingerprint density at radius 2 is 2.10 bits per heavy atom. The van der Waals surface area contributed by atoms with Crippen LogP contribution >= 0.6 is 15.9 Å². The summed E-state index contributed by atoms with van der Waals surface area (Å²) in [4.78, 5) is 13.5. The third-order valence-corrected chi connectivity index (χ3v) is 4.00. The molecule has 106 valence electrons. The number of halogens is 1. The van der Waals surface area contributed by atoms with E-state index in [1.165, 1.54) is 12.8 Å². The van der Waals surface area contributed by atoms with Crippen LogP contribution in [0.4, 0.5) is 5.82 Å². The largest absolute Gasteiger partial charge is 0.364 e. The third kappa shape index (κ3) is 2.76. The van der Waals surface area contributed by atoms with Gasteiger partial charge in [0.1, 0.15) is 17.3 Å². The van der Waals surface area contributed by atoms with Crippen LogP contribution in [0.15, 0.2) is 41.3 Å². The number of hydrogen-bond donors (Lipinski definition) is 1. The Hall–Kier alpha value is -1.95. The molecule has 0 atom stereocenters. The SMILES string of the molecule is Brc1ccc2nc(CNc3ccnc(C4CC4)n3)cn2c1. The molecule has 0 spiro atoms. The molecule has 1 aliphatic carbocycles. The summed E-state index contributed by atoms with van der Waals surface area (Å²) in [6.45, 7) is 0.653. The number of hydrogen-bond acceptors (Lipinski definition) is 4. The van der Waals surface area contributed by atoms with Crippen molar-refractivity contribution in [1.29, 1.82) is 0 Å². The molecule has 21 heavy (non-hydrogen) atoms. The lowest BCUT2D eigenvalue weighted by atomic mass is 10.4. The molecule has 0 amide bonds. The van der Waals surface area contributed by atoms with Crippen molar-refractivity contribution in [3.63, 3.8) is 0 Å². The predicted molar refractivity (Wildman–Crippen MR) is 84.2 cm³/mol. The summed E-state index contributed by atoms with van der Waals surface area (Å²) in [6.07, 6.45) is 8.27. The number of nitrogens with zero attached hydrogens (tertiary/aromatic N) is 4. The van der Waals surface area contributed by atoms with Crippen LogP contribution in [0.5, 0.6) is 0 Å². The molecule has 1 N–H and O–H groups in total. The number of rotatable bonds is 4. The molecule has 0 aromatic carbocycles. The quantitative estimate of drug-likeness (QED) is 0.788. The van der Waals surface area contributed by atoms with E-state index in [4.69, 9.17) is 0 Å². The van der Waals surface area contributed by atoms with Gasteiger partial charge in [0.25, 0.3) is 0 Å². The van der Waals surface area contributed by atoms with Crippen molar-refractivity contribution < 1.29 is 0 Å². The topological polar surface area (TPSA) is 55.1 Å². The second kappa shape index (κ2) is 5.11. The van der Waals surface area contributed by atoms with E-state index < -0.39 is 0 Å². The summed E-state index contributed by atoms with van der Waals surface area (Å²) in [6, 6.07) is 5.88. The molecule has 3 aromatic heterocycles. The number of nitrogens with one attached hydrogen (secondary N) is 1. The Morgan fingerprint density at radius 3 is 2.95 bits per heavy atom. The lowest BCUT2D eigenvalue weighted by Crippen LogP contribution is -2.03. The van der Waals surface area contributed by atoms with E-state index in [-0.39, 0.29) is 0 Å². The molecule has 3 heterocycles. The van der Waals surface area contributed by atoms with E-state index in [2.05, 4.69) is 36.2 Å². The van der Waals surface area contributed by atoms with E-state index in [1.54, 1.807) is 0 Å². The van der Waals surface area contributed by atoms with Crippen molar-refractivity contribution >= 4 is 27.4 Å². The fourth-order valence-corrected chi connectivity index (χ4v) is 2.65. The molecule has 3 aromatic rings. The highest BCUT2D eigenvalue weighted by Gasteiger charge is 2.26. The first kappa shape index (κ1) is 12.8. The van der Waals surface area contributed by atoms with Gasteiger partial charge in [-0.3, -0.25) is 0 Å². The van der Waals surface area contributed by atoms with E-state index >= 15 is 0 Å². The maximum absolute atomic E-state index is 4.58. The Bertz CT molecular complexity index is 794. The minimum Gasteiger partial charge on any atom is -0.364 e. The minimum absolute atomic E-state index is 0.569. The van der Waals surface area contributed by atoms with Gasteiger partial charge in [0, 0.05) is 29.0 Å². The molecule has 0 aliphatic heterocycles. The highest BCUT2D eigenvalue weighted by Crippen LogP contribution is 2.38. The van der Waals surface area contributed by atoms with Crippen molar-refractivity contribution in [3.05, 3.63) is 52.8 Å². The maximum Gasteiger partial charge on any atom is 0.137 e. The molecule has 1 saturated carbocycles. The fourth-order valence-electron chi connectivity index (χ4n) is 2.29. The Kier molecular flexibility index (Phi) is 3.11. The van der Waals surface area contributed by atoms with Crippen molar-refractivity contribution in [2.45, 2.75) is 25.3 Å². The number of imidazole rings is 1. The van der Waals surface area contributed by atoms with E-state index in [1.807, 2.05) is 41.2 Å². The molecule has 1 aliphatic rings. The van der Waals surface area contributed by atoms with Gasteiger partial charge in [0.2, 0.25) is 0 Å². The van der Waals surface area contributed by atoms with Gasteiger partial charge in [-0.2, -0.15) is 0 Å². The van der Waals surface area contributed by atoms with Crippen molar-refractivity contribution in [1.82, 2.24) is 19.4 Å². The standard InChI is InChI=1S/C15H14BrN5/c16-11-3-4-14-19-12(9-21(14)8-11)7-18-13-5-6-17-15(20-13)10-1-2-10/h3-6,8-10H,1-2,7H2,(H,17,18,20). The van der Waals surface area contributed by atoms with Crippen LogP contribution < -0.4 is 5.32 Å². The Morgan fingerprint density at radius 1 is 1.19 bits per heavy atom. The van der Waals surface area contributed by atoms with E-state index in [0.717, 1.165) is 27.5 Å². The first-order chi connectivity index (χ1) is 10.3. The minimum atomic E-state index is 0.569. The predicted octanol–water partition coefficient (Wildman–Crippen LogP) is 3.38. The number of pyridine rings is 1. The number of anilines is 1. The molecule has 4 rings (SSSR count). The summed E-state index contributed by atoms with van der Waals surface area (Å²) in [7, 11) is 0. The summed E-state index contributed by atoms with van der Waals surface area (Å²) in [5.74, 6) is 2.39. The van der Waals surface area contributed by atoms with Gasteiger partial charge in [-0.1, -0.05) is 0 Å². The van der Waals surface area contributed by atoms with Crippen molar-refractivity contribution in [2.24, 2.45) is 0 Å². The van der Waals surface area contributed by atoms with Crippen LogP contribution in [0.3, 0.4) is 0 Å². The van der Waals surface area contributed by atoms with Crippen molar-refractivity contribution in [2.75, 3.05) is 5.32 Å². The van der Waals surface area contributed by atoms with Gasteiger partial charge in [0.05, 0.1) is 12.2 Å². The van der Waals surface area contributed by atoms with Crippen LogP contribution in [0.2, 0.25) is 0 Å². The number of aromatic nitrogens is 4. The molecule has 6 heteroatoms. The zero-order valence-corrected chi connectivity index (χ0v) is 12.9. The van der Waals surface area contributed by atoms with Crippen LogP contribution in [-0.4, -0.2) is 19.4 Å². The van der Waals surface area contributed by atoms with Gasteiger partial charge in [-0.15, -0.1) is 0 Å². The second-order valence-electron chi connectivity index (χ2n) is 5.27. The average molecular weight is 344 g/mol. The van der Waals surface area contributed by atoms with Gasteiger partial charge in [-0.05, 0) is 47.0 Å². The lowest BCUT2D eigenvalue weighted by molar-refractivity contribution is 0.918. The molecule has 0 bridgehead atoms. The molecular formula is C15H14BrN5. The third-order valence-electron chi connectivity index (χ3n) is 3.53. The Labute approximate surface area is 130 Å². The summed E-state index contributed by atoms with van der Waals surface area (Å²) in [5.41, 5.74) is 1.93. The smallest absolute Gasteiger partial charge is 0.137 e. The van der Waals surface area contributed by atoms with Gasteiger partial charge in [0.15, 0.2) is 0 Å². The highest BCUT2D eigenvalue weighted by molar-refractivity contribution is 9.10. The Balaban J connectivity index is 1.51. The molecule has 5 nitrogen and oxygen atoms in total. The summed E-state index contributed by atoms with van der Waals surface area (Å²) >= 11 is 3.46. The van der Waals surface area contributed by atoms with E-state index in [9.17, 15) is 0 Å². The van der Waals surface area contributed by atoms with Gasteiger partial charge < -0.3 is 9.72 Å². The lowest BCUT2D eigenvalue weighted by Gasteiger charge is -2.04. The monoisotopic (exact) mass is 343 g/mol. The summed E-state index contributed by atoms with van der Waals surface area (Å²) in [5, 5.41) is 3.32. The zero-order valence-electron chi connectivity index (χ0n) is 11.3. The second-order valence-corrected chi connectivity index (χ2v) is 6.19. The van der Waals surface area contributed by atoms with Crippen LogP contribution in [-0.2, 0) is 6.54 Å². The molecule has 1 fully saturated rings. The fraction of sp³-hybridized carbons (Fsp3) is 0.267. The molecule has 0 radical (unpaired) electrons. The molecular weight excluding hydrogens is 330 g/mol. The molecule has 0 saturated heterocycles. The zero-order chi connectivity index (χ0) is 14.2. The summed E-state index contributed by atoms with van der Waals surface area (Å²) < 4.78 is 3.05. The van der Waals surface area contributed by atoms with Crippen molar-refractivity contribution in [3.8, 4) is 0 Å². The van der Waals surface area contributed by atoms with Crippen LogP contribution in [0.1, 0.15) is 30.3 Å². The highest BCUT2D eigenvalue weighted by atomic mass is 79.9. The first-order valence-electron chi connectivity index (χ1n) is 6.98. The normalized spacial score (nSPS) is 14.5. The average Bonchev–Trinajstić information content (AvgIpc) is 3.26. The number of fused-ring (bicyclic) bond motifs is 1. The molecule has 0 unspecified atom stereocenters. The van der Waals surface area contributed by atoms with Crippen LogP contribution in [0, 0.1) is 0 Å². The van der Waals surface area contributed by atoms with Crippen LogP contribution in [0.25, 0.3) is 5.65 Å². The van der Waals surface area contributed by atoms with Gasteiger partial charge in [-0.25, -0.2) is 15.0 Å².